The second-order valence-electron chi connectivity index (χ2n) is 13.8. The smallest absolute Gasteiger partial charge is 0.320 e. The van der Waals surface area contributed by atoms with Crippen LogP contribution in [-0.4, -0.2) is 56.0 Å². The number of pyridine rings is 2. The zero-order valence-corrected chi connectivity index (χ0v) is 29.7. The molecule has 1 unspecified atom stereocenters. The molecule has 12 heteroatoms. The molecule has 6 rings (SSSR count). The second-order valence-corrected chi connectivity index (χ2v) is 13.8. The molecule has 0 aliphatic heterocycles. The van der Waals surface area contributed by atoms with Crippen molar-refractivity contribution in [3.05, 3.63) is 106 Å². The van der Waals surface area contributed by atoms with Gasteiger partial charge in [-0.2, -0.15) is 0 Å². The standard InChI is InChI=1S/C40H44N6O6/c1-21-29(7-5-9-33(21)45-37(47)35-15-31(25-11-12-25)27(19-43-35)17-41-23(3)39(49)50)30-8-6-10-34(22(30)2)46-38(48)36-16-32(26-13-14-26)28(20-44-36)18-42-24(4)40(51)52/h5-10,15-16,19-20,23-26,41-42H,11-14,17-18H2,1-4H3,(H,45,47)(H,46,48)(H,49,50)(H,51,52)/t23-,24?/m0/s1. The molecule has 4 aromatic rings. The lowest BCUT2D eigenvalue weighted by Crippen LogP contribution is -2.33. The summed E-state index contributed by atoms with van der Waals surface area (Å²) in [4.78, 5) is 58.4. The first-order chi connectivity index (χ1) is 24.9. The third-order valence-electron chi connectivity index (χ3n) is 9.94. The molecule has 270 valence electrons. The summed E-state index contributed by atoms with van der Waals surface area (Å²) >= 11 is 0. The molecule has 12 nitrogen and oxygen atoms in total. The highest BCUT2D eigenvalue weighted by Crippen LogP contribution is 2.43. The summed E-state index contributed by atoms with van der Waals surface area (Å²) < 4.78 is 0. The van der Waals surface area contributed by atoms with E-state index in [-0.39, 0.29) is 11.8 Å². The van der Waals surface area contributed by atoms with Crippen LogP contribution in [0.15, 0.2) is 60.9 Å². The number of carboxylic acids is 2. The molecule has 2 aliphatic carbocycles. The van der Waals surface area contributed by atoms with Gasteiger partial charge in [0.15, 0.2) is 0 Å². The Hall–Kier alpha value is -5.46. The van der Waals surface area contributed by atoms with E-state index < -0.39 is 24.0 Å². The zero-order chi connectivity index (χ0) is 37.1. The van der Waals surface area contributed by atoms with Crippen LogP contribution in [0.25, 0.3) is 11.1 Å². The molecule has 52 heavy (non-hydrogen) atoms. The quantitative estimate of drug-likeness (QED) is 0.0840. The fourth-order valence-electron chi connectivity index (χ4n) is 6.29. The summed E-state index contributed by atoms with van der Waals surface area (Å²) in [6.45, 7) is 7.77. The summed E-state index contributed by atoms with van der Waals surface area (Å²) in [6.07, 6.45) is 7.39. The van der Waals surface area contributed by atoms with E-state index in [0.29, 0.717) is 47.7 Å². The Labute approximate surface area is 302 Å². The van der Waals surface area contributed by atoms with Gasteiger partial charge in [-0.15, -0.1) is 0 Å². The van der Waals surface area contributed by atoms with E-state index in [1.54, 1.807) is 26.2 Å². The van der Waals surface area contributed by atoms with E-state index in [4.69, 9.17) is 0 Å². The van der Waals surface area contributed by atoms with Crippen molar-refractivity contribution < 1.29 is 29.4 Å². The van der Waals surface area contributed by atoms with Crippen LogP contribution in [0.5, 0.6) is 0 Å². The summed E-state index contributed by atoms with van der Waals surface area (Å²) in [6, 6.07) is 13.6. The molecular weight excluding hydrogens is 660 g/mol. The van der Waals surface area contributed by atoms with Crippen molar-refractivity contribution in [3.63, 3.8) is 0 Å². The Bertz CT molecular complexity index is 1890. The molecule has 2 atom stereocenters. The fraction of sp³-hybridized carbons (Fsp3) is 0.350. The molecule has 0 spiro atoms. The molecule has 0 saturated heterocycles. The highest BCUT2D eigenvalue weighted by Gasteiger charge is 2.29. The average molecular weight is 705 g/mol. The number of hydrogen-bond acceptors (Lipinski definition) is 8. The van der Waals surface area contributed by atoms with Crippen molar-refractivity contribution in [2.24, 2.45) is 0 Å². The third-order valence-corrected chi connectivity index (χ3v) is 9.94. The summed E-state index contributed by atoms with van der Waals surface area (Å²) in [5, 5.41) is 30.5. The normalized spacial score (nSPS) is 15.1. The zero-order valence-electron chi connectivity index (χ0n) is 29.7. The van der Waals surface area contributed by atoms with Crippen molar-refractivity contribution >= 4 is 35.1 Å². The van der Waals surface area contributed by atoms with Gasteiger partial charge in [0.1, 0.15) is 23.5 Å². The van der Waals surface area contributed by atoms with E-state index in [1.165, 1.54) is 0 Å². The van der Waals surface area contributed by atoms with Gasteiger partial charge in [0, 0.05) is 36.9 Å². The number of anilines is 2. The van der Waals surface area contributed by atoms with Gasteiger partial charge in [0.05, 0.1) is 0 Å². The highest BCUT2D eigenvalue weighted by molar-refractivity contribution is 6.05. The minimum absolute atomic E-state index is 0.292. The minimum Gasteiger partial charge on any atom is -0.480 e. The number of carbonyl (C=O) groups excluding carboxylic acids is 2. The number of hydrogen-bond donors (Lipinski definition) is 6. The SMILES string of the molecule is Cc1c(NC(=O)c2cc(C3CC3)c(CNC(C)C(=O)O)cn2)cccc1-c1cccc(NC(=O)c2cc(C3CC3)c(CN[C@@H](C)C(=O)O)cn2)c1C. The van der Waals surface area contributed by atoms with Crippen LogP contribution in [0.4, 0.5) is 11.4 Å². The Morgan fingerprint density at radius 1 is 0.673 bits per heavy atom. The van der Waals surface area contributed by atoms with Gasteiger partial charge in [0.2, 0.25) is 0 Å². The predicted octanol–water partition coefficient (Wildman–Crippen LogP) is 6.15. The molecule has 2 aromatic carbocycles. The van der Waals surface area contributed by atoms with Gasteiger partial charge in [0.25, 0.3) is 11.8 Å². The van der Waals surface area contributed by atoms with Crippen LogP contribution in [0.2, 0.25) is 0 Å². The van der Waals surface area contributed by atoms with Gasteiger partial charge in [-0.25, -0.2) is 0 Å². The molecule has 2 aromatic heterocycles. The van der Waals surface area contributed by atoms with Crippen LogP contribution in [0.3, 0.4) is 0 Å². The lowest BCUT2D eigenvalue weighted by atomic mass is 9.94. The second kappa shape index (κ2) is 15.4. The van der Waals surface area contributed by atoms with Crippen LogP contribution in [0, 0.1) is 13.8 Å². The van der Waals surface area contributed by atoms with Gasteiger partial charge >= 0.3 is 11.9 Å². The lowest BCUT2D eigenvalue weighted by molar-refractivity contribution is -0.140. The first kappa shape index (κ1) is 36.3. The van der Waals surface area contributed by atoms with Crippen molar-refractivity contribution in [3.8, 4) is 11.1 Å². The molecule has 6 N–H and O–H groups in total. The van der Waals surface area contributed by atoms with Crippen LogP contribution >= 0.6 is 0 Å². The summed E-state index contributed by atoms with van der Waals surface area (Å²) in [5.74, 6) is -1.87. The van der Waals surface area contributed by atoms with Gasteiger partial charge in [-0.1, -0.05) is 24.3 Å². The van der Waals surface area contributed by atoms with E-state index in [1.807, 2.05) is 62.4 Å². The largest absolute Gasteiger partial charge is 0.480 e. The van der Waals surface area contributed by atoms with Crippen LogP contribution in [-0.2, 0) is 22.7 Å². The van der Waals surface area contributed by atoms with Crippen molar-refractivity contribution in [1.82, 2.24) is 20.6 Å². The number of rotatable bonds is 15. The molecular formula is C40H44N6O6. The monoisotopic (exact) mass is 704 g/mol. The fourth-order valence-corrected chi connectivity index (χ4v) is 6.29. The minimum atomic E-state index is -0.928. The Morgan fingerprint density at radius 2 is 1.06 bits per heavy atom. The highest BCUT2D eigenvalue weighted by atomic mass is 16.4. The number of benzene rings is 2. The maximum atomic E-state index is 13.5. The number of nitrogens with one attached hydrogen (secondary N) is 4. The Kier molecular flexibility index (Phi) is 10.8. The van der Waals surface area contributed by atoms with E-state index in [9.17, 15) is 29.4 Å². The number of amides is 2. The maximum Gasteiger partial charge on any atom is 0.320 e. The molecule has 0 radical (unpaired) electrons. The van der Waals surface area contributed by atoms with Crippen LogP contribution < -0.4 is 21.3 Å². The molecule has 2 fully saturated rings. The first-order valence-corrected chi connectivity index (χ1v) is 17.6. The van der Waals surface area contributed by atoms with Crippen LogP contribution in [0.1, 0.15) is 106 Å². The number of nitrogens with zero attached hydrogens (tertiary/aromatic N) is 2. The maximum absolute atomic E-state index is 13.5. The molecule has 0 bridgehead atoms. The van der Waals surface area contributed by atoms with Gasteiger partial charge in [-0.05, 0) is 134 Å². The molecule has 2 amide bonds. The van der Waals surface area contributed by atoms with Crippen molar-refractivity contribution in [2.45, 2.75) is 90.4 Å². The molecule has 2 aliphatic rings. The molecule has 2 heterocycles. The average Bonchev–Trinajstić information content (AvgIpc) is 4.06. The Balaban J connectivity index is 1.18. The van der Waals surface area contributed by atoms with E-state index in [2.05, 4.69) is 31.2 Å². The van der Waals surface area contributed by atoms with E-state index in [0.717, 1.165) is 70.2 Å². The van der Waals surface area contributed by atoms with Gasteiger partial charge in [-0.3, -0.25) is 29.1 Å². The summed E-state index contributed by atoms with van der Waals surface area (Å²) in [5.41, 5.74) is 9.17. The number of aliphatic carboxylic acids is 2. The Morgan fingerprint density at radius 3 is 1.40 bits per heavy atom. The number of carbonyl (C=O) groups is 4. The topological polar surface area (TPSA) is 183 Å². The predicted molar refractivity (Wildman–Crippen MR) is 198 cm³/mol. The third kappa shape index (κ3) is 8.35. The molecule has 2 saturated carbocycles. The lowest BCUT2D eigenvalue weighted by Gasteiger charge is -2.17. The first-order valence-electron chi connectivity index (χ1n) is 17.6. The van der Waals surface area contributed by atoms with Crippen molar-refractivity contribution in [2.75, 3.05) is 10.6 Å². The van der Waals surface area contributed by atoms with E-state index >= 15 is 0 Å². The van der Waals surface area contributed by atoms with Crippen molar-refractivity contribution in [1.29, 1.82) is 0 Å². The number of aromatic nitrogens is 2. The van der Waals surface area contributed by atoms with Gasteiger partial charge < -0.3 is 31.5 Å². The summed E-state index contributed by atoms with van der Waals surface area (Å²) in [7, 11) is 0. The number of carboxylic acid groups (broad SMARTS) is 2.